The zero-order chi connectivity index (χ0) is 20.1. The molecule has 0 saturated carbocycles. The molecule has 1 atom stereocenters. The van der Waals surface area contributed by atoms with Crippen LogP contribution in [-0.4, -0.2) is 0 Å². The number of halogens is 2. The van der Waals surface area contributed by atoms with Crippen LogP contribution in [0, 0.1) is 5.82 Å². The summed E-state index contributed by atoms with van der Waals surface area (Å²) in [5.74, 6) is -0.272. The van der Waals surface area contributed by atoms with E-state index in [1.54, 1.807) is 12.1 Å². The van der Waals surface area contributed by atoms with E-state index in [2.05, 4.69) is 10.6 Å². The van der Waals surface area contributed by atoms with Crippen molar-refractivity contribution in [2.75, 3.05) is 10.6 Å². The highest BCUT2D eigenvalue weighted by molar-refractivity contribution is 6.30. The van der Waals surface area contributed by atoms with Gasteiger partial charge in [0.2, 0.25) is 0 Å². The maximum Gasteiger partial charge on any atom is 0.128 e. The van der Waals surface area contributed by atoms with Gasteiger partial charge in [-0.05, 0) is 48.5 Å². The monoisotopic (exact) mass is 402 g/mol. The molecule has 29 heavy (non-hydrogen) atoms. The van der Waals surface area contributed by atoms with Gasteiger partial charge in [0.05, 0.1) is 6.04 Å². The summed E-state index contributed by atoms with van der Waals surface area (Å²) >= 11 is 6.34. The zero-order valence-electron chi connectivity index (χ0n) is 15.6. The molecule has 2 nitrogen and oxygen atoms in total. The Kier molecular flexibility index (Phi) is 5.78. The van der Waals surface area contributed by atoms with Crippen LogP contribution in [0.3, 0.4) is 0 Å². The summed E-state index contributed by atoms with van der Waals surface area (Å²) in [6.45, 7) is 0. The number of hydrogen-bond acceptors (Lipinski definition) is 2. The molecule has 4 rings (SSSR count). The highest BCUT2D eigenvalue weighted by Gasteiger charge is 2.21. The molecule has 0 aromatic heterocycles. The highest BCUT2D eigenvalue weighted by Crippen LogP contribution is 2.36. The molecule has 0 heterocycles. The standard InChI is InChI=1S/C25H20ClFN2/c26-18-15-16-24(28-19-9-3-1-4-10-19)22(17-18)25(21-13-7-8-14-23(21)27)29-20-11-5-2-6-12-20/h1-17,25,28-29H/t25-/m1/s1. The molecular weight excluding hydrogens is 383 g/mol. The molecule has 0 aliphatic rings. The van der Waals surface area contributed by atoms with Crippen LogP contribution in [-0.2, 0) is 0 Å². The van der Waals surface area contributed by atoms with Gasteiger partial charge in [0.15, 0.2) is 0 Å². The maximum atomic E-state index is 14.8. The first-order chi connectivity index (χ1) is 14.2. The lowest BCUT2D eigenvalue weighted by molar-refractivity contribution is 0.605. The molecule has 0 amide bonds. The van der Waals surface area contributed by atoms with Crippen LogP contribution in [0.15, 0.2) is 103 Å². The van der Waals surface area contributed by atoms with Crippen LogP contribution in [0.4, 0.5) is 21.5 Å². The van der Waals surface area contributed by atoms with Crippen LogP contribution >= 0.6 is 11.6 Å². The van der Waals surface area contributed by atoms with E-state index < -0.39 is 6.04 Å². The Hall–Kier alpha value is -3.30. The average Bonchev–Trinajstić information content (AvgIpc) is 2.75. The molecule has 0 aliphatic heterocycles. The topological polar surface area (TPSA) is 24.1 Å². The summed E-state index contributed by atoms with van der Waals surface area (Å²) < 4.78 is 14.8. The van der Waals surface area contributed by atoms with Crippen LogP contribution in [0.5, 0.6) is 0 Å². The Morgan fingerprint density at radius 1 is 0.655 bits per heavy atom. The molecule has 0 bridgehead atoms. The second-order valence-corrected chi connectivity index (χ2v) is 7.12. The number of hydrogen-bond donors (Lipinski definition) is 2. The van der Waals surface area contributed by atoms with Gasteiger partial charge in [0.25, 0.3) is 0 Å². The van der Waals surface area contributed by atoms with Gasteiger partial charge in [-0.15, -0.1) is 0 Å². The Labute approximate surface area is 175 Å². The van der Waals surface area contributed by atoms with Crippen molar-refractivity contribution in [1.29, 1.82) is 0 Å². The van der Waals surface area contributed by atoms with Crippen molar-refractivity contribution >= 4 is 28.7 Å². The Morgan fingerprint density at radius 2 is 1.28 bits per heavy atom. The highest BCUT2D eigenvalue weighted by atomic mass is 35.5. The van der Waals surface area contributed by atoms with E-state index >= 15 is 0 Å². The normalized spacial score (nSPS) is 11.7. The molecule has 0 saturated heterocycles. The smallest absolute Gasteiger partial charge is 0.128 e. The van der Waals surface area contributed by atoms with Gasteiger partial charge in [-0.25, -0.2) is 4.39 Å². The Bertz CT molecular complexity index is 1080. The molecule has 4 aromatic carbocycles. The second kappa shape index (κ2) is 8.80. The third-order valence-electron chi connectivity index (χ3n) is 4.68. The van der Waals surface area contributed by atoms with E-state index in [0.717, 1.165) is 22.6 Å². The van der Waals surface area contributed by atoms with Gasteiger partial charge < -0.3 is 10.6 Å². The third kappa shape index (κ3) is 4.58. The van der Waals surface area contributed by atoms with Crippen molar-refractivity contribution < 1.29 is 4.39 Å². The third-order valence-corrected chi connectivity index (χ3v) is 4.91. The molecule has 4 heteroatoms. The van der Waals surface area contributed by atoms with Gasteiger partial charge >= 0.3 is 0 Å². The summed E-state index contributed by atoms with van der Waals surface area (Å²) in [6, 6.07) is 31.6. The fraction of sp³-hybridized carbons (Fsp3) is 0.0400. The lowest BCUT2D eigenvalue weighted by Gasteiger charge is -2.25. The molecule has 0 spiro atoms. The van der Waals surface area contributed by atoms with E-state index in [9.17, 15) is 4.39 Å². The van der Waals surface area contributed by atoms with Gasteiger partial charge in [-0.2, -0.15) is 0 Å². The lowest BCUT2D eigenvalue weighted by Crippen LogP contribution is -2.15. The largest absolute Gasteiger partial charge is 0.374 e. The minimum absolute atomic E-state index is 0.272. The summed E-state index contributed by atoms with van der Waals surface area (Å²) in [4.78, 5) is 0. The SMILES string of the molecule is Fc1ccccc1[C@@H](Nc1ccccc1)c1cc(Cl)ccc1Nc1ccccc1. The van der Waals surface area contributed by atoms with Crippen LogP contribution in [0.25, 0.3) is 0 Å². The first-order valence-electron chi connectivity index (χ1n) is 9.38. The molecule has 0 radical (unpaired) electrons. The number of rotatable bonds is 6. The molecule has 2 N–H and O–H groups in total. The van der Waals surface area contributed by atoms with Gasteiger partial charge in [0, 0.05) is 33.2 Å². The Morgan fingerprint density at radius 3 is 1.97 bits per heavy atom. The van der Waals surface area contributed by atoms with E-state index in [0.29, 0.717) is 10.6 Å². The lowest BCUT2D eigenvalue weighted by atomic mass is 9.96. The summed E-state index contributed by atoms with van der Waals surface area (Å²) in [7, 11) is 0. The van der Waals surface area contributed by atoms with Crippen molar-refractivity contribution in [3.05, 3.63) is 125 Å². The van der Waals surface area contributed by atoms with Crippen LogP contribution < -0.4 is 10.6 Å². The van der Waals surface area contributed by atoms with E-state index in [4.69, 9.17) is 11.6 Å². The summed E-state index contributed by atoms with van der Waals surface area (Å²) in [5, 5.41) is 7.49. The van der Waals surface area contributed by atoms with Crippen molar-refractivity contribution in [1.82, 2.24) is 0 Å². The summed E-state index contributed by atoms with van der Waals surface area (Å²) in [5.41, 5.74) is 4.11. The molecule has 0 unspecified atom stereocenters. The molecule has 144 valence electrons. The number of benzene rings is 4. The molecule has 4 aromatic rings. The average molecular weight is 403 g/mol. The fourth-order valence-electron chi connectivity index (χ4n) is 3.30. The summed E-state index contributed by atoms with van der Waals surface area (Å²) in [6.07, 6.45) is 0. The predicted octanol–water partition coefficient (Wildman–Crippen LogP) is 7.42. The minimum atomic E-state index is -0.427. The van der Waals surface area contributed by atoms with Crippen molar-refractivity contribution in [2.45, 2.75) is 6.04 Å². The van der Waals surface area contributed by atoms with E-state index in [1.165, 1.54) is 6.07 Å². The van der Waals surface area contributed by atoms with Crippen molar-refractivity contribution in [3.63, 3.8) is 0 Å². The number of nitrogens with one attached hydrogen (secondary N) is 2. The van der Waals surface area contributed by atoms with E-state index in [1.807, 2.05) is 84.9 Å². The predicted molar refractivity (Wildman–Crippen MR) is 119 cm³/mol. The van der Waals surface area contributed by atoms with Crippen molar-refractivity contribution in [3.8, 4) is 0 Å². The van der Waals surface area contributed by atoms with Gasteiger partial charge in [0.1, 0.15) is 5.82 Å². The van der Waals surface area contributed by atoms with E-state index in [-0.39, 0.29) is 5.82 Å². The van der Waals surface area contributed by atoms with Gasteiger partial charge in [-0.3, -0.25) is 0 Å². The fourth-order valence-corrected chi connectivity index (χ4v) is 3.48. The quantitative estimate of drug-likeness (QED) is 0.350. The van der Waals surface area contributed by atoms with Crippen LogP contribution in [0.2, 0.25) is 5.02 Å². The number of anilines is 3. The molecule has 0 aliphatic carbocycles. The van der Waals surface area contributed by atoms with Crippen LogP contribution in [0.1, 0.15) is 17.2 Å². The Balaban J connectivity index is 1.81. The molecule has 0 fully saturated rings. The van der Waals surface area contributed by atoms with Gasteiger partial charge in [-0.1, -0.05) is 66.2 Å². The first kappa shape index (κ1) is 19.0. The maximum absolute atomic E-state index is 14.8. The van der Waals surface area contributed by atoms with Crippen molar-refractivity contribution in [2.24, 2.45) is 0 Å². The minimum Gasteiger partial charge on any atom is -0.374 e. The second-order valence-electron chi connectivity index (χ2n) is 6.69. The zero-order valence-corrected chi connectivity index (χ0v) is 16.4. The first-order valence-corrected chi connectivity index (χ1v) is 9.76. The number of para-hydroxylation sites is 2. The molecular formula is C25H20ClFN2.